The number of phosphoric ester groups is 2. The lowest BCUT2D eigenvalue weighted by Gasteiger charge is -2.21. The Morgan fingerprint density at radius 1 is 0.297 bits per heavy atom. The largest absolute Gasteiger partial charge is 0.472 e. The fraction of sp³-hybridized carbons (Fsp3) is 0.944. The number of aliphatic hydroxyl groups excluding tert-OH is 1. The Kier molecular flexibility index (Phi) is 64.0. The predicted octanol–water partition coefficient (Wildman–Crippen LogP) is 20.9. The molecule has 0 aliphatic heterocycles. The first-order valence-corrected chi connectivity index (χ1v) is 40.6. The molecule has 17 nitrogen and oxygen atoms in total. The van der Waals surface area contributed by atoms with E-state index in [1.54, 1.807) is 0 Å². The van der Waals surface area contributed by atoms with Gasteiger partial charge >= 0.3 is 39.5 Å². The van der Waals surface area contributed by atoms with Crippen molar-refractivity contribution < 1.29 is 80.2 Å². The maximum Gasteiger partial charge on any atom is 0.472 e. The van der Waals surface area contributed by atoms with Crippen LogP contribution in [0.4, 0.5) is 0 Å². The highest BCUT2D eigenvalue weighted by atomic mass is 31.2. The van der Waals surface area contributed by atoms with Crippen molar-refractivity contribution in [2.75, 3.05) is 39.6 Å². The van der Waals surface area contributed by atoms with Gasteiger partial charge in [-0.15, -0.1) is 0 Å². The third-order valence-electron chi connectivity index (χ3n) is 16.8. The number of esters is 4. The molecule has 0 radical (unpaired) electrons. The van der Waals surface area contributed by atoms with E-state index in [0.29, 0.717) is 25.7 Å². The van der Waals surface area contributed by atoms with E-state index in [1.807, 2.05) is 0 Å². The normalized spacial score (nSPS) is 14.0. The maximum absolute atomic E-state index is 13.0. The van der Waals surface area contributed by atoms with Crippen LogP contribution in [-0.2, 0) is 65.4 Å². The molecular weight excluding hydrogens is 1200 g/mol. The van der Waals surface area contributed by atoms with Crippen LogP contribution in [0.25, 0.3) is 0 Å². The van der Waals surface area contributed by atoms with Crippen LogP contribution in [-0.4, -0.2) is 96.7 Å². The molecule has 2 unspecified atom stereocenters. The molecule has 0 aromatic heterocycles. The van der Waals surface area contributed by atoms with Crippen molar-refractivity contribution in [1.29, 1.82) is 0 Å². The van der Waals surface area contributed by atoms with Gasteiger partial charge in [0.2, 0.25) is 0 Å². The van der Waals surface area contributed by atoms with Gasteiger partial charge in [0, 0.05) is 25.7 Å². The van der Waals surface area contributed by atoms with Gasteiger partial charge < -0.3 is 33.8 Å². The Hall–Kier alpha value is -1.94. The topological polar surface area (TPSA) is 237 Å². The zero-order chi connectivity index (χ0) is 67.0. The number of rotatable bonds is 72. The van der Waals surface area contributed by atoms with E-state index in [-0.39, 0.29) is 25.7 Å². The minimum absolute atomic E-state index is 0.107. The number of unbranched alkanes of at least 4 members (excludes halogenated alkanes) is 44. The summed E-state index contributed by atoms with van der Waals surface area (Å²) in [6.07, 6.45) is 52.7. The van der Waals surface area contributed by atoms with E-state index in [2.05, 4.69) is 34.6 Å². The summed E-state index contributed by atoms with van der Waals surface area (Å²) < 4.78 is 68.3. The van der Waals surface area contributed by atoms with Crippen LogP contribution in [0.3, 0.4) is 0 Å². The summed E-state index contributed by atoms with van der Waals surface area (Å²) in [5.41, 5.74) is 0. The van der Waals surface area contributed by atoms with Gasteiger partial charge in [-0.2, -0.15) is 0 Å². The van der Waals surface area contributed by atoms with E-state index in [4.69, 9.17) is 37.0 Å². The molecule has 5 atom stereocenters. The average molecular weight is 1340 g/mol. The zero-order valence-electron chi connectivity index (χ0n) is 59.0. The van der Waals surface area contributed by atoms with Gasteiger partial charge in [-0.25, -0.2) is 9.13 Å². The van der Waals surface area contributed by atoms with Crippen LogP contribution in [0.1, 0.15) is 375 Å². The highest BCUT2D eigenvalue weighted by molar-refractivity contribution is 7.47. The molecule has 0 fully saturated rings. The van der Waals surface area contributed by atoms with Crippen molar-refractivity contribution in [3.8, 4) is 0 Å². The van der Waals surface area contributed by atoms with Crippen molar-refractivity contribution in [3.05, 3.63) is 0 Å². The molecule has 0 amide bonds. The minimum atomic E-state index is -4.95. The molecule has 0 spiro atoms. The second kappa shape index (κ2) is 65.4. The first-order valence-electron chi connectivity index (χ1n) is 37.6. The van der Waals surface area contributed by atoms with Crippen molar-refractivity contribution in [3.63, 3.8) is 0 Å². The summed E-state index contributed by atoms with van der Waals surface area (Å²) in [5, 5.41) is 10.6. The summed E-state index contributed by atoms with van der Waals surface area (Å²) in [5.74, 6) is -1.34. The lowest BCUT2D eigenvalue weighted by Crippen LogP contribution is -2.30. The Labute approximate surface area is 556 Å². The number of carbonyl (C=O) groups excluding carboxylic acids is 4. The van der Waals surface area contributed by atoms with Crippen LogP contribution < -0.4 is 0 Å². The van der Waals surface area contributed by atoms with Gasteiger partial charge in [0.05, 0.1) is 26.4 Å². The summed E-state index contributed by atoms with van der Waals surface area (Å²) in [4.78, 5) is 72.5. The lowest BCUT2D eigenvalue weighted by molar-refractivity contribution is -0.161. The number of ether oxygens (including phenoxy) is 4. The van der Waals surface area contributed by atoms with E-state index < -0.39 is 97.5 Å². The van der Waals surface area contributed by atoms with Crippen molar-refractivity contribution >= 4 is 39.5 Å². The Bertz CT molecular complexity index is 1750. The molecule has 0 aromatic rings. The average Bonchev–Trinajstić information content (AvgIpc) is 2.21. The Morgan fingerprint density at radius 2 is 0.505 bits per heavy atom. The van der Waals surface area contributed by atoms with Crippen LogP contribution in [0, 0.1) is 5.92 Å². The highest BCUT2D eigenvalue weighted by Gasteiger charge is 2.30. The summed E-state index contributed by atoms with van der Waals surface area (Å²) in [6.45, 7) is 7.25. The SMILES string of the molecule is CCCCCCCCCCCCCCCCCCCC(=O)O[C@H](COC(=O)CCCCCCCCCCCCCCC(C)C)COP(=O)(O)OC[C@@H](O)COP(=O)(O)OC[C@@H](COC(=O)CCCCCCCCCC)OC(=O)CCCCCCCCCCCCC. The first kappa shape index (κ1) is 89.1. The number of phosphoric acid groups is 2. The summed E-state index contributed by atoms with van der Waals surface area (Å²) in [7, 11) is -9.90. The number of hydrogen-bond acceptors (Lipinski definition) is 15. The van der Waals surface area contributed by atoms with Gasteiger partial charge in [-0.3, -0.25) is 37.3 Å². The summed E-state index contributed by atoms with van der Waals surface area (Å²) in [6, 6.07) is 0. The fourth-order valence-electron chi connectivity index (χ4n) is 11.0. The fourth-order valence-corrected chi connectivity index (χ4v) is 12.6. The van der Waals surface area contributed by atoms with Gasteiger partial charge in [-0.05, 0) is 31.6 Å². The number of aliphatic hydroxyl groups is 1. The van der Waals surface area contributed by atoms with Crippen LogP contribution in [0.2, 0.25) is 0 Å². The van der Waals surface area contributed by atoms with Crippen LogP contribution in [0.15, 0.2) is 0 Å². The number of hydrogen-bond donors (Lipinski definition) is 3. The molecule has 91 heavy (non-hydrogen) atoms. The molecule has 0 heterocycles. The maximum atomic E-state index is 13.0. The second-order valence-corrected chi connectivity index (χ2v) is 29.4. The van der Waals surface area contributed by atoms with Crippen molar-refractivity contribution in [1.82, 2.24) is 0 Å². The molecule has 0 saturated carbocycles. The van der Waals surface area contributed by atoms with E-state index in [0.717, 1.165) is 102 Å². The van der Waals surface area contributed by atoms with Gasteiger partial charge in [-0.1, -0.05) is 324 Å². The van der Waals surface area contributed by atoms with E-state index in [9.17, 15) is 43.2 Å². The van der Waals surface area contributed by atoms with Gasteiger partial charge in [0.1, 0.15) is 19.3 Å². The molecule has 0 aliphatic carbocycles. The molecule has 0 aliphatic rings. The lowest BCUT2D eigenvalue weighted by atomic mass is 10.0. The van der Waals surface area contributed by atoms with Crippen LogP contribution in [0.5, 0.6) is 0 Å². The third-order valence-corrected chi connectivity index (χ3v) is 18.7. The minimum Gasteiger partial charge on any atom is -0.462 e. The molecule has 0 saturated heterocycles. The molecule has 0 bridgehead atoms. The first-order chi connectivity index (χ1) is 44.0. The molecular formula is C72H140O17P2. The highest BCUT2D eigenvalue weighted by Crippen LogP contribution is 2.45. The standard InChI is InChI=1S/C72H140O17P2/c1-6-9-12-15-18-21-23-24-25-26-27-28-34-38-43-48-53-58-72(77)89-68(62-83-70(75)56-51-46-41-36-33-30-29-32-35-39-44-49-54-65(4)5)64-87-91(80,81)85-60-66(73)59-84-90(78,79)86-63-67(61-82-69(74)55-50-45-40-20-17-14-11-8-3)88-71(76)57-52-47-42-37-31-22-19-16-13-10-7-2/h65-68,73H,6-64H2,1-5H3,(H,78,79)(H,80,81)/t66-,67+,68+/m0/s1. The molecule has 3 N–H and O–H groups in total. The second-order valence-electron chi connectivity index (χ2n) is 26.5. The quantitative estimate of drug-likeness (QED) is 0.0222. The van der Waals surface area contributed by atoms with E-state index >= 15 is 0 Å². The molecule has 19 heteroatoms. The smallest absolute Gasteiger partial charge is 0.462 e. The molecule has 0 rings (SSSR count). The van der Waals surface area contributed by atoms with Crippen LogP contribution >= 0.6 is 15.6 Å². The van der Waals surface area contributed by atoms with E-state index in [1.165, 1.54) is 193 Å². The Morgan fingerprint density at radius 3 is 0.747 bits per heavy atom. The molecule has 0 aromatic carbocycles. The Balaban J connectivity index is 5.21. The molecule has 540 valence electrons. The third kappa shape index (κ3) is 66.5. The monoisotopic (exact) mass is 1340 g/mol. The van der Waals surface area contributed by atoms with Crippen molar-refractivity contribution in [2.24, 2.45) is 5.92 Å². The zero-order valence-corrected chi connectivity index (χ0v) is 60.8. The summed E-state index contributed by atoms with van der Waals surface area (Å²) >= 11 is 0. The van der Waals surface area contributed by atoms with Crippen molar-refractivity contribution in [2.45, 2.75) is 393 Å². The van der Waals surface area contributed by atoms with Gasteiger partial charge in [0.25, 0.3) is 0 Å². The van der Waals surface area contributed by atoms with Gasteiger partial charge in [0.15, 0.2) is 12.2 Å². The predicted molar refractivity (Wildman–Crippen MR) is 368 cm³/mol. The number of carbonyl (C=O) groups is 4.